The van der Waals surface area contributed by atoms with Gasteiger partial charge in [0, 0.05) is 6.42 Å². The van der Waals surface area contributed by atoms with Crippen molar-refractivity contribution in [2.24, 2.45) is 0 Å². The van der Waals surface area contributed by atoms with E-state index in [9.17, 15) is 10.4 Å². The Morgan fingerprint density at radius 3 is 2.29 bits per heavy atom. The third-order valence-corrected chi connectivity index (χ3v) is 4.62. The highest BCUT2D eigenvalue weighted by Crippen LogP contribution is 2.36. The van der Waals surface area contributed by atoms with Crippen LogP contribution in [0.25, 0.3) is 0 Å². The Hall–Kier alpha value is -1.55. The van der Waals surface area contributed by atoms with E-state index in [1.54, 1.807) is 26.0 Å². The molecule has 130 valence electrons. The van der Waals surface area contributed by atoms with Gasteiger partial charge in [-0.15, -0.1) is 0 Å². The van der Waals surface area contributed by atoms with Crippen LogP contribution in [0.4, 0.5) is 0 Å². The van der Waals surface area contributed by atoms with E-state index in [2.05, 4.69) is 6.07 Å². The fourth-order valence-electron chi connectivity index (χ4n) is 2.30. The zero-order valence-corrected chi connectivity index (χ0v) is 15.3. The lowest BCUT2D eigenvalue weighted by molar-refractivity contribution is 0.00578. The molecule has 1 saturated heterocycles. The van der Waals surface area contributed by atoms with Gasteiger partial charge in [-0.3, -0.25) is 0 Å². The van der Waals surface area contributed by atoms with Crippen LogP contribution in [0, 0.1) is 11.3 Å². The van der Waals surface area contributed by atoms with Gasteiger partial charge < -0.3 is 19.2 Å². The van der Waals surface area contributed by atoms with Crippen LogP contribution >= 0.6 is 0 Å². The second-order valence-electron chi connectivity index (χ2n) is 7.87. The predicted molar refractivity (Wildman–Crippen MR) is 93.3 cm³/mol. The molecule has 0 spiro atoms. The van der Waals surface area contributed by atoms with Crippen molar-refractivity contribution in [2.45, 2.75) is 64.8 Å². The quantitative estimate of drug-likeness (QED) is 0.839. The Kier molecular flexibility index (Phi) is 5.01. The number of aliphatic hydroxyl groups is 1. The van der Waals surface area contributed by atoms with Crippen LogP contribution in [0.2, 0.25) is 0 Å². The highest BCUT2D eigenvalue weighted by atomic mass is 16.7. The summed E-state index contributed by atoms with van der Waals surface area (Å²) in [5.41, 5.74) is -0.424. The van der Waals surface area contributed by atoms with E-state index in [1.807, 2.05) is 33.8 Å². The maximum Gasteiger partial charge on any atom is 0.494 e. The van der Waals surface area contributed by atoms with Crippen molar-refractivity contribution in [3.8, 4) is 11.8 Å². The van der Waals surface area contributed by atoms with E-state index in [0.717, 1.165) is 5.46 Å². The Bertz CT molecular complexity index is 627. The van der Waals surface area contributed by atoms with Crippen LogP contribution < -0.4 is 10.2 Å². The summed E-state index contributed by atoms with van der Waals surface area (Å²) in [5.74, 6) is 0.502. The van der Waals surface area contributed by atoms with E-state index in [-0.39, 0.29) is 0 Å². The molecule has 1 N–H and O–H groups in total. The molecule has 0 bridgehead atoms. The maximum atomic E-state index is 9.73. The number of benzene rings is 1. The minimum Gasteiger partial charge on any atom is -0.492 e. The minimum absolute atomic E-state index is 0.341. The van der Waals surface area contributed by atoms with E-state index in [1.165, 1.54) is 0 Å². The average molecular weight is 331 g/mol. The molecule has 0 atom stereocenters. The third kappa shape index (κ3) is 4.10. The number of rotatable bonds is 5. The number of nitriles is 1. The van der Waals surface area contributed by atoms with Gasteiger partial charge in [0.2, 0.25) is 0 Å². The second-order valence-corrected chi connectivity index (χ2v) is 7.87. The van der Waals surface area contributed by atoms with Gasteiger partial charge in [0.1, 0.15) is 11.8 Å². The zero-order chi connectivity index (χ0) is 18.2. The molecule has 5 nitrogen and oxygen atoms in total. The van der Waals surface area contributed by atoms with Gasteiger partial charge in [0.15, 0.2) is 0 Å². The van der Waals surface area contributed by atoms with Gasteiger partial charge in [-0.25, -0.2) is 0 Å². The Balaban J connectivity index is 2.14. The molecule has 0 amide bonds. The topological polar surface area (TPSA) is 71.7 Å². The molecule has 1 heterocycles. The summed E-state index contributed by atoms with van der Waals surface area (Å²) >= 11 is 0. The fourth-order valence-corrected chi connectivity index (χ4v) is 2.30. The summed E-state index contributed by atoms with van der Waals surface area (Å²) in [6, 6.07) is 7.49. The van der Waals surface area contributed by atoms with Crippen LogP contribution in [0.5, 0.6) is 5.75 Å². The Labute approximate surface area is 144 Å². The molecule has 0 radical (unpaired) electrons. The summed E-state index contributed by atoms with van der Waals surface area (Å²) in [7, 11) is -0.507. The average Bonchev–Trinajstić information content (AvgIpc) is 2.66. The van der Waals surface area contributed by atoms with Gasteiger partial charge in [0.25, 0.3) is 0 Å². The molecule has 6 heteroatoms. The lowest BCUT2D eigenvalue weighted by atomic mass is 9.78. The van der Waals surface area contributed by atoms with Gasteiger partial charge >= 0.3 is 7.12 Å². The molecule has 0 aromatic heterocycles. The first-order valence-corrected chi connectivity index (χ1v) is 8.20. The van der Waals surface area contributed by atoms with Crippen molar-refractivity contribution in [3.63, 3.8) is 0 Å². The van der Waals surface area contributed by atoms with E-state index in [4.69, 9.17) is 14.0 Å². The summed E-state index contributed by atoms with van der Waals surface area (Å²) in [6.07, 6.45) is 0.483. The number of nitrogens with zero attached hydrogens (tertiary/aromatic N) is 1. The molecule has 2 rings (SSSR count). The number of ether oxygens (including phenoxy) is 1. The van der Waals surface area contributed by atoms with Crippen molar-refractivity contribution in [3.05, 3.63) is 23.8 Å². The maximum absolute atomic E-state index is 9.73. The number of hydrogen-bond acceptors (Lipinski definition) is 5. The van der Waals surface area contributed by atoms with Crippen LogP contribution in [0.1, 0.15) is 53.5 Å². The molecule has 0 saturated carbocycles. The molecule has 1 aromatic rings. The Morgan fingerprint density at radius 1 is 1.21 bits per heavy atom. The van der Waals surface area contributed by atoms with Crippen molar-refractivity contribution in [1.29, 1.82) is 5.26 Å². The lowest BCUT2D eigenvalue weighted by Gasteiger charge is -2.32. The molecule has 0 aliphatic carbocycles. The van der Waals surface area contributed by atoms with Gasteiger partial charge in [-0.1, -0.05) is 6.07 Å². The molecule has 1 aromatic carbocycles. The first-order chi connectivity index (χ1) is 11.0. The minimum atomic E-state index is -0.796. The standard InChI is InChI=1S/C18H26BNO4/c1-16(2,21)9-10-22-15-8-7-14(11-13(15)12-20)19-23-17(3,4)18(5,6)24-19/h7-8,11,21H,9-10H2,1-6H3. The van der Waals surface area contributed by atoms with E-state index < -0.39 is 23.9 Å². The monoisotopic (exact) mass is 331 g/mol. The van der Waals surface area contributed by atoms with Gasteiger partial charge in [-0.2, -0.15) is 5.26 Å². The van der Waals surface area contributed by atoms with Crippen molar-refractivity contribution in [2.75, 3.05) is 6.61 Å². The van der Waals surface area contributed by atoms with Crippen LogP contribution in [0.15, 0.2) is 18.2 Å². The molecule has 0 unspecified atom stereocenters. The largest absolute Gasteiger partial charge is 0.494 e. The molecule has 24 heavy (non-hydrogen) atoms. The van der Waals surface area contributed by atoms with Crippen molar-refractivity contribution in [1.82, 2.24) is 0 Å². The molecular formula is C18H26BNO4. The lowest BCUT2D eigenvalue weighted by Crippen LogP contribution is -2.41. The van der Waals surface area contributed by atoms with Crippen LogP contribution in [-0.2, 0) is 9.31 Å². The predicted octanol–water partition coefficient (Wildman–Crippen LogP) is 2.40. The van der Waals surface area contributed by atoms with E-state index in [0.29, 0.717) is 24.3 Å². The van der Waals surface area contributed by atoms with Crippen molar-refractivity contribution >= 4 is 12.6 Å². The summed E-state index contributed by atoms with van der Waals surface area (Å²) in [6.45, 7) is 11.8. The van der Waals surface area contributed by atoms with Crippen LogP contribution in [0.3, 0.4) is 0 Å². The second kappa shape index (κ2) is 6.40. The summed E-state index contributed by atoms with van der Waals surface area (Å²) < 4.78 is 17.7. The fraction of sp³-hybridized carbons (Fsp3) is 0.611. The van der Waals surface area contributed by atoms with Gasteiger partial charge in [0.05, 0.1) is 29.0 Å². The van der Waals surface area contributed by atoms with Gasteiger partial charge in [-0.05, 0) is 59.1 Å². The summed E-state index contributed by atoms with van der Waals surface area (Å²) in [5, 5.41) is 19.1. The molecular weight excluding hydrogens is 305 g/mol. The number of hydrogen-bond donors (Lipinski definition) is 1. The highest BCUT2D eigenvalue weighted by molar-refractivity contribution is 6.62. The normalized spacial score (nSPS) is 19.2. The zero-order valence-electron chi connectivity index (χ0n) is 15.3. The Morgan fingerprint density at radius 2 is 1.79 bits per heavy atom. The highest BCUT2D eigenvalue weighted by Gasteiger charge is 2.51. The van der Waals surface area contributed by atoms with Crippen molar-refractivity contribution < 1.29 is 19.2 Å². The third-order valence-electron chi connectivity index (χ3n) is 4.62. The molecule has 1 aliphatic heterocycles. The summed E-state index contributed by atoms with van der Waals surface area (Å²) in [4.78, 5) is 0. The van der Waals surface area contributed by atoms with E-state index >= 15 is 0 Å². The first-order valence-electron chi connectivity index (χ1n) is 8.20. The smallest absolute Gasteiger partial charge is 0.492 e. The van der Waals surface area contributed by atoms with Crippen LogP contribution in [-0.4, -0.2) is 35.6 Å². The molecule has 1 aliphatic rings. The SMILES string of the molecule is CC(C)(O)CCOc1ccc(B2OC(C)(C)C(C)(C)O2)cc1C#N. The first kappa shape index (κ1) is 18.8. The molecule has 1 fully saturated rings.